The number of nitrogens with zero attached hydrogens (tertiary/aromatic N) is 2. The highest BCUT2D eigenvalue weighted by Crippen LogP contribution is 2.32. The first-order valence-electron chi connectivity index (χ1n) is 13.4. The van der Waals surface area contributed by atoms with E-state index in [4.69, 9.17) is 9.47 Å². The van der Waals surface area contributed by atoms with Crippen LogP contribution in [0.1, 0.15) is 11.1 Å². The lowest BCUT2D eigenvalue weighted by Crippen LogP contribution is -2.36. The number of ether oxygens (including phenoxy) is 2. The van der Waals surface area contributed by atoms with Crippen LogP contribution < -0.4 is 20.3 Å². The summed E-state index contributed by atoms with van der Waals surface area (Å²) in [5.74, 6) is -0.799. The summed E-state index contributed by atoms with van der Waals surface area (Å²) in [5, 5.41) is 5.05. The smallest absolute Gasteiger partial charge is 0.294 e. The second-order valence-electron chi connectivity index (χ2n) is 9.68. The van der Waals surface area contributed by atoms with E-state index in [-0.39, 0.29) is 24.0 Å². The largest absolute Gasteiger partial charge is 0.484 e. The first-order chi connectivity index (χ1) is 20.4. The molecule has 0 saturated carbocycles. The maximum Gasteiger partial charge on any atom is 0.294 e. The van der Waals surface area contributed by atoms with Crippen molar-refractivity contribution in [3.63, 3.8) is 0 Å². The van der Waals surface area contributed by atoms with Gasteiger partial charge >= 0.3 is 0 Å². The van der Waals surface area contributed by atoms with Gasteiger partial charge in [0.15, 0.2) is 6.61 Å². The van der Waals surface area contributed by atoms with Crippen molar-refractivity contribution in [1.82, 2.24) is 4.90 Å². The molecule has 0 atom stereocenters. The van der Waals surface area contributed by atoms with Crippen molar-refractivity contribution in [3.05, 3.63) is 88.8 Å². The molecule has 3 aromatic carbocycles. The Kier molecular flexibility index (Phi) is 9.20. The maximum absolute atomic E-state index is 12.9. The molecule has 11 heteroatoms. The molecule has 0 spiro atoms. The zero-order chi connectivity index (χ0) is 29.5. The lowest BCUT2D eigenvalue weighted by Gasteiger charge is -2.28. The third kappa shape index (κ3) is 7.36. The number of carbonyl (C=O) groups excluding carboxylic acids is 4. The number of aryl methyl sites for hydroxylation is 1. The van der Waals surface area contributed by atoms with Crippen LogP contribution in [0, 0.1) is 6.92 Å². The topological polar surface area (TPSA) is 117 Å². The number of anilines is 3. The summed E-state index contributed by atoms with van der Waals surface area (Å²) < 4.78 is 10.9. The quantitative estimate of drug-likeness (QED) is 0.352. The van der Waals surface area contributed by atoms with Crippen LogP contribution in [-0.2, 0) is 19.1 Å². The molecule has 2 saturated heterocycles. The van der Waals surface area contributed by atoms with E-state index in [9.17, 15) is 19.2 Å². The standard InChI is InChI=1S/C31H30N4O6S/c1-21-4-2-3-5-26(21)33-29(37)20-41-25-12-6-22(7-13-25)18-27-30(38)35(31(39)42-27)19-28(36)32-23-8-10-24(11-9-23)34-14-16-40-17-15-34/h2-13,18H,14-17,19-20H2,1H3,(H,32,36)(H,33,37)/b27-18-. The summed E-state index contributed by atoms with van der Waals surface area (Å²) >= 11 is 0.782. The number of carbonyl (C=O) groups is 4. The molecule has 0 aliphatic carbocycles. The van der Waals surface area contributed by atoms with Gasteiger partial charge in [-0.15, -0.1) is 0 Å². The van der Waals surface area contributed by atoms with Gasteiger partial charge < -0.3 is 25.0 Å². The number of amides is 4. The molecule has 216 valence electrons. The molecule has 2 aliphatic heterocycles. The SMILES string of the molecule is Cc1ccccc1NC(=O)COc1ccc(/C=C2\SC(=O)N(CC(=O)Nc3ccc(N4CCOCC4)cc3)C2=O)cc1. The molecule has 10 nitrogen and oxygen atoms in total. The van der Waals surface area contributed by atoms with E-state index in [1.165, 1.54) is 0 Å². The summed E-state index contributed by atoms with van der Waals surface area (Å²) in [5.41, 5.74) is 3.97. The highest BCUT2D eigenvalue weighted by molar-refractivity contribution is 8.18. The number of hydrogen-bond donors (Lipinski definition) is 2. The number of imide groups is 1. The average Bonchev–Trinajstić information content (AvgIpc) is 3.26. The summed E-state index contributed by atoms with van der Waals surface area (Å²) in [6.45, 7) is 4.34. The van der Waals surface area contributed by atoms with Crippen molar-refractivity contribution in [3.8, 4) is 5.75 Å². The van der Waals surface area contributed by atoms with Gasteiger partial charge in [0.25, 0.3) is 17.1 Å². The van der Waals surface area contributed by atoms with Crippen LogP contribution in [0.5, 0.6) is 5.75 Å². The highest BCUT2D eigenvalue weighted by atomic mass is 32.2. The van der Waals surface area contributed by atoms with Crippen molar-refractivity contribution in [2.24, 2.45) is 0 Å². The Hall–Kier alpha value is -4.61. The number of morpholine rings is 1. The van der Waals surface area contributed by atoms with Crippen molar-refractivity contribution in [2.45, 2.75) is 6.92 Å². The van der Waals surface area contributed by atoms with E-state index in [0.717, 1.165) is 46.7 Å². The Bertz CT molecular complexity index is 1500. The van der Waals surface area contributed by atoms with Crippen LogP contribution in [0.2, 0.25) is 0 Å². The van der Waals surface area contributed by atoms with E-state index in [1.807, 2.05) is 43.3 Å². The maximum atomic E-state index is 12.9. The van der Waals surface area contributed by atoms with Crippen molar-refractivity contribution in [1.29, 1.82) is 0 Å². The fourth-order valence-electron chi connectivity index (χ4n) is 4.42. The second-order valence-corrected chi connectivity index (χ2v) is 10.7. The van der Waals surface area contributed by atoms with E-state index < -0.39 is 17.1 Å². The number of thioether (sulfide) groups is 1. The average molecular weight is 587 g/mol. The molecular formula is C31H30N4O6S. The number of hydrogen-bond acceptors (Lipinski definition) is 8. The molecule has 0 aromatic heterocycles. The van der Waals surface area contributed by atoms with Crippen molar-refractivity contribution < 1.29 is 28.7 Å². The number of rotatable bonds is 9. The van der Waals surface area contributed by atoms with Gasteiger partial charge in [0, 0.05) is 30.2 Å². The minimum Gasteiger partial charge on any atom is -0.484 e. The minimum absolute atomic E-state index is 0.160. The fraction of sp³-hybridized carbons (Fsp3) is 0.226. The molecule has 0 radical (unpaired) electrons. The van der Waals surface area contributed by atoms with Gasteiger partial charge in [0.05, 0.1) is 18.1 Å². The Morgan fingerprint density at radius 3 is 2.36 bits per heavy atom. The Morgan fingerprint density at radius 1 is 0.929 bits per heavy atom. The van der Waals surface area contributed by atoms with E-state index >= 15 is 0 Å². The molecule has 42 heavy (non-hydrogen) atoms. The van der Waals surface area contributed by atoms with Crippen LogP contribution in [0.3, 0.4) is 0 Å². The highest BCUT2D eigenvalue weighted by Gasteiger charge is 2.36. The summed E-state index contributed by atoms with van der Waals surface area (Å²) in [6.07, 6.45) is 1.59. The van der Waals surface area contributed by atoms with Gasteiger partial charge in [-0.2, -0.15) is 0 Å². The predicted octanol–water partition coefficient (Wildman–Crippen LogP) is 4.52. The van der Waals surface area contributed by atoms with E-state index in [1.54, 1.807) is 42.5 Å². The van der Waals surface area contributed by atoms with E-state index in [0.29, 0.717) is 30.2 Å². The molecule has 4 amide bonds. The van der Waals surface area contributed by atoms with Crippen LogP contribution >= 0.6 is 11.8 Å². The van der Waals surface area contributed by atoms with Crippen molar-refractivity contribution >= 4 is 57.9 Å². The number of nitrogens with one attached hydrogen (secondary N) is 2. The van der Waals surface area contributed by atoms with Gasteiger partial charge in [-0.25, -0.2) is 0 Å². The minimum atomic E-state index is -0.531. The first kappa shape index (κ1) is 28.9. The number of benzene rings is 3. The third-order valence-corrected chi connectivity index (χ3v) is 7.58. The fourth-order valence-corrected chi connectivity index (χ4v) is 5.26. The normalized spacial score (nSPS) is 16.1. The van der Waals surface area contributed by atoms with Crippen molar-refractivity contribution in [2.75, 3.05) is 55.0 Å². The summed E-state index contributed by atoms with van der Waals surface area (Å²) in [6, 6.07) is 21.7. The molecule has 3 aromatic rings. The van der Waals surface area contributed by atoms with Crippen LogP contribution in [0.25, 0.3) is 6.08 Å². The number of para-hydroxylation sites is 1. The predicted molar refractivity (Wildman–Crippen MR) is 163 cm³/mol. The Balaban J connectivity index is 1.11. The third-order valence-electron chi connectivity index (χ3n) is 6.67. The van der Waals surface area contributed by atoms with E-state index in [2.05, 4.69) is 15.5 Å². The lowest BCUT2D eigenvalue weighted by molar-refractivity contribution is -0.127. The molecule has 2 heterocycles. The van der Waals surface area contributed by atoms with Crippen LogP contribution in [0.4, 0.5) is 21.9 Å². The second kappa shape index (κ2) is 13.4. The summed E-state index contributed by atoms with van der Waals surface area (Å²) in [7, 11) is 0. The zero-order valence-corrected chi connectivity index (χ0v) is 23.8. The molecule has 5 rings (SSSR count). The van der Waals surface area contributed by atoms with Gasteiger partial charge in [-0.3, -0.25) is 24.1 Å². The van der Waals surface area contributed by atoms with Crippen LogP contribution in [-0.4, -0.2) is 67.3 Å². The molecular weight excluding hydrogens is 556 g/mol. The Morgan fingerprint density at radius 2 is 1.64 bits per heavy atom. The molecule has 0 unspecified atom stereocenters. The zero-order valence-electron chi connectivity index (χ0n) is 23.0. The van der Waals surface area contributed by atoms with Gasteiger partial charge in [0.2, 0.25) is 5.91 Å². The first-order valence-corrected chi connectivity index (χ1v) is 14.2. The molecule has 2 N–H and O–H groups in total. The Labute approximate surface area is 247 Å². The van der Waals surface area contributed by atoms with Crippen LogP contribution in [0.15, 0.2) is 77.7 Å². The van der Waals surface area contributed by atoms with Gasteiger partial charge in [0.1, 0.15) is 12.3 Å². The molecule has 2 aliphatic rings. The molecule has 2 fully saturated rings. The summed E-state index contributed by atoms with van der Waals surface area (Å²) in [4.78, 5) is 53.6. The van der Waals surface area contributed by atoms with Gasteiger partial charge in [-0.1, -0.05) is 30.3 Å². The lowest BCUT2D eigenvalue weighted by atomic mass is 10.2. The monoisotopic (exact) mass is 586 g/mol. The van der Waals surface area contributed by atoms with Gasteiger partial charge in [-0.05, 0) is 78.4 Å². The molecule has 0 bridgehead atoms.